The van der Waals surface area contributed by atoms with E-state index in [0.717, 1.165) is 5.69 Å². The average molecular weight is 278 g/mol. The van der Waals surface area contributed by atoms with E-state index in [1.807, 2.05) is 0 Å². The van der Waals surface area contributed by atoms with Crippen LogP contribution in [-0.2, 0) is 0 Å². The molecule has 1 aromatic heterocycles. The maximum absolute atomic E-state index is 5.02. The Morgan fingerprint density at radius 3 is 2.52 bits per heavy atom. The predicted octanol–water partition coefficient (Wildman–Crippen LogP) is 4.15. The van der Waals surface area contributed by atoms with Gasteiger partial charge in [-0.2, -0.15) is 0 Å². The monoisotopic (exact) mass is 278 g/mol. The summed E-state index contributed by atoms with van der Waals surface area (Å²) in [6, 6.07) is 15.4. The summed E-state index contributed by atoms with van der Waals surface area (Å²) in [5.41, 5.74) is 5.43. The highest BCUT2D eigenvalue weighted by Crippen LogP contribution is 2.65. The van der Waals surface area contributed by atoms with Crippen molar-refractivity contribution >= 4 is 0 Å². The third-order valence-electron chi connectivity index (χ3n) is 5.75. The third-order valence-corrected chi connectivity index (χ3v) is 5.75. The van der Waals surface area contributed by atoms with Crippen LogP contribution in [0.5, 0.6) is 0 Å². The molecule has 3 atom stereocenters. The second-order valence-corrected chi connectivity index (χ2v) is 7.02. The highest BCUT2D eigenvalue weighted by atomic mass is 15.0. The van der Waals surface area contributed by atoms with Gasteiger partial charge in [0.25, 0.3) is 0 Å². The molecule has 1 aromatic carbocycles. The third kappa shape index (κ3) is 1.72. The Kier molecular flexibility index (Phi) is 2.74. The fourth-order valence-electron chi connectivity index (χ4n) is 4.38. The Labute approximate surface area is 126 Å². The minimum absolute atomic E-state index is 0.392. The molecular weight excluding hydrogens is 256 g/mol. The highest BCUT2D eigenvalue weighted by molar-refractivity contribution is 5.60. The smallest absolute Gasteiger partial charge is 0.0706 e. The molecule has 0 aliphatic heterocycles. The van der Waals surface area contributed by atoms with Crippen LogP contribution in [0.3, 0.4) is 0 Å². The Morgan fingerprint density at radius 2 is 1.86 bits per heavy atom. The van der Waals surface area contributed by atoms with Gasteiger partial charge >= 0.3 is 0 Å². The van der Waals surface area contributed by atoms with Crippen LogP contribution in [0.4, 0.5) is 0 Å². The molecule has 3 aliphatic carbocycles. The van der Waals surface area contributed by atoms with E-state index in [9.17, 15) is 0 Å². The van der Waals surface area contributed by atoms with Gasteiger partial charge < -0.3 is 5.32 Å². The number of hydrogen-bond acceptors (Lipinski definition) is 2. The van der Waals surface area contributed by atoms with E-state index in [2.05, 4.69) is 68.7 Å². The first-order valence-electron chi connectivity index (χ1n) is 7.86. The number of benzene rings is 1. The molecule has 0 amide bonds. The SMILES string of the molecule is CN[C@@H]1c2nc(-c3ccccc3)ccc2[C@H]2C[C@H]1C2(C)C. The van der Waals surface area contributed by atoms with Crippen molar-refractivity contribution in [2.24, 2.45) is 11.3 Å². The van der Waals surface area contributed by atoms with Crippen molar-refractivity contribution in [2.45, 2.75) is 32.2 Å². The zero-order valence-corrected chi connectivity index (χ0v) is 12.9. The van der Waals surface area contributed by atoms with Gasteiger partial charge in [0.15, 0.2) is 0 Å². The molecule has 2 bridgehead atoms. The van der Waals surface area contributed by atoms with Gasteiger partial charge in [-0.05, 0) is 42.3 Å². The van der Waals surface area contributed by atoms with E-state index in [0.29, 0.717) is 23.3 Å². The van der Waals surface area contributed by atoms with Crippen LogP contribution in [-0.4, -0.2) is 12.0 Å². The molecule has 108 valence electrons. The molecule has 2 nitrogen and oxygen atoms in total. The minimum Gasteiger partial charge on any atom is -0.311 e. The Bertz CT molecular complexity index is 675. The van der Waals surface area contributed by atoms with E-state index in [1.165, 1.54) is 23.2 Å². The number of hydrogen-bond donors (Lipinski definition) is 1. The van der Waals surface area contributed by atoms with E-state index >= 15 is 0 Å². The van der Waals surface area contributed by atoms with Crippen molar-refractivity contribution < 1.29 is 0 Å². The molecular formula is C19H22N2. The van der Waals surface area contributed by atoms with Crippen LogP contribution < -0.4 is 5.32 Å². The van der Waals surface area contributed by atoms with Gasteiger partial charge in [0, 0.05) is 5.56 Å². The van der Waals surface area contributed by atoms with Gasteiger partial charge in [-0.1, -0.05) is 50.2 Å². The van der Waals surface area contributed by atoms with Crippen LogP contribution in [0.15, 0.2) is 42.5 Å². The molecule has 2 heteroatoms. The van der Waals surface area contributed by atoms with Crippen LogP contribution in [0, 0.1) is 11.3 Å². The van der Waals surface area contributed by atoms with E-state index < -0.39 is 0 Å². The molecule has 2 aromatic rings. The molecule has 3 aliphatic rings. The lowest BCUT2D eigenvalue weighted by Gasteiger charge is -2.59. The van der Waals surface area contributed by atoms with Gasteiger partial charge in [-0.3, -0.25) is 4.98 Å². The summed E-state index contributed by atoms with van der Waals surface area (Å²) in [6.07, 6.45) is 1.30. The molecule has 1 heterocycles. The van der Waals surface area contributed by atoms with Crippen LogP contribution in [0.1, 0.15) is 43.5 Å². The van der Waals surface area contributed by atoms with Crippen molar-refractivity contribution in [3.05, 3.63) is 53.7 Å². The first-order valence-corrected chi connectivity index (χ1v) is 7.86. The molecule has 0 spiro atoms. The molecule has 21 heavy (non-hydrogen) atoms. The Hall–Kier alpha value is -1.67. The number of rotatable bonds is 2. The maximum Gasteiger partial charge on any atom is 0.0706 e. The Balaban J connectivity index is 1.83. The molecule has 0 radical (unpaired) electrons. The fraction of sp³-hybridized carbons (Fsp3) is 0.421. The highest BCUT2D eigenvalue weighted by Gasteiger charge is 2.57. The Morgan fingerprint density at radius 1 is 1.10 bits per heavy atom. The van der Waals surface area contributed by atoms with Crippen LogP contribution in [0.25, 0.3) is 11.3 Å². The average Bonchev–Trinajstić information content (AvgIpc) is 2.53. The van der Waals surface area contributed by atoms with Gasteiger partial charge in [0.2, 0.25) is 0 Å². The van der Waals surface area contributed by atoms with Crippen molar-refractivity contribution in [1.29, 1.82) is 0 Å². The van der Waals surface area contributed by atoms with E-state index in [4.69, 9.17) is 4.98 Å². The molecule has 0 unspecified atom stereocenters. The summed E-state index contributed by atoms with van der Waals surface area (Å²) in [5, 5.41) is 3.52. The largest absolute Gasteiger partial charge is 0.311 e. The molecule has 1 fully saturated rings. The van der Waals surface area contributed by atoms with E-state index in [1.54, 1.807) is 0 Å². The van der Waals surface area contributed by atoms with Crippen molar-refractivity contribution in [1.82, 2.24) is 10.3 Å². The van der Waals surface area contributed by atoms with Crippen LogP contribution in [0.2, 0.25) is 0 Å². The lowest BCUT2D eigenvalue weighted by Crippen LogP contribution is -2.53. The maximum atomic E-state index is 5.02. The lowest BCUT2D eigenvalue weighted by atomic mass is 9.46. The van der Waals surface area contributed by atoms with Gasteiger partial charge in [0.1, 0.15) is 0 Å². The molecule has 1 saturated carbocycles. The van der Waals surface area contributed by atoms with Crippen molar-refractivity contribution in [2.75, 3.05) is 7.05 Å². The summed E-state index contributed by atoms with van der Waals surface area (Å²) in [7, 11) is 2.07. The van der Waals surface area contributed by atoms with Gasteiger partial charge in [0.05, 0.1) is 17.4 Å². The predicted molar refractivity (Wildman–Crippen MR) is 86.1 cm³/mol. The first kappa shape index (κ1) is 13.0. The van der Waals surface area contributed by atoms with Gasteiger partial charge in [-0.25, -0.2) is 0 Å². The van der Waals surface area contributed by atoms with Crippen molar-refractivity contribution in [3.8, 4) is 11.3 Å². The number of nitrogens with one attached hydrogen (secondary N) is 1. The molecule has 5 rings (SSSR count). The van der Waals surface area contributed by atoms with Gasteiger partial charge in [-0.15, -0.1) is 0 Å². The van der Waals surface area contributed by atoms with E-state index in [-0.39, 0.29) is 0 Å². The number of nitrogens with zero attached hydrogens (tertiary/aromatic N) is 1. The first-order chi connectivity index (χ1) is 10.1. The normalized spacial score (nSPS) is 28.6. The summed E-state index contributed by atoms with van der Waals surface area (Å²) < 4.78 is 0. The second-order valence-electron chi connectivity index (χ2n) is 7.02. The summed E-state index contributed by atoms with van der Waals surface area (Å²) in [5.74, 6) is 1.39. The zero-order valence-electron chi connectivity index (χ0n) is 12.9. The van der Waals surface area contributed by atoms with Crippen LogP contribution >= 0.6 is 0 Å². The molecule has 1 N–H and O–H groups in total. The minimum atomic E-state index is 0.392. The zero-order chi connectivity index (χ0) is 14.6. The second kappa shape index (κ2) is 4.41. The summed E-state index contributed by atoms with van der Waals surface area (Å²) in [4.78, 5) is 5.02. The van der Waals surface area contributed by atoms with Crippen molar-refractivity contribution in [3.63, 3.8) is 0 Å². The lowest BCUT2D eigenvalue weighted by molar-refractivity contribution is -0.0148. The topological polar surface area (TPSA) is 24.9 Å². The standard InChI is InChI=1S/C19H22N2/c1-19(2)14-11-15(19)18(20-3)17-13(14)9-10-16(21-17)12-7-5-4-6-8-12/h4-10,14-15,18,20H,11H2,1-3H3/t14-,15-,18+/m1/s1. The number of pyridine rings is 1. The summed E-state index contributed by atoms with van der Waals surface area (Å²) in [6.45, 7) is 4.81. The molecule has 0 saturated heterocycles. The quantitative estimate of drug-likeness (QED) is 0.892. The fourth-order valence-corrected chi connectivity index (χ4v) is 4.38. The number of aromatic nitrogens is 1. The summed E-state index contributed by atoms with van der Waals surface area (Å²) >= 11 is 0.